The van der Waals surface area contributed by atoms with Crippen molar-refractivity contribution < 1.29 is 0 Å². The molecular weight excluding hydrogens is 294 g/mol. The van der Waals surface area contributed by atoms with Gasteiger partial charge in [0.25, 0.3) is 0 Å². The smallest absolute Gasteiger partial charge is 0.0591 e. The lowest BCUT2D eigenvalue weighted by Crippen LogP contribution is -1.99. The number of hydrazone groups is 1. The number of hydrogen-bond acceptors (Lipinski definition) is 2. The minimum atomic E-state index is 1.03. The maximum absolute atomic E-state index is 4.35. The van der Waals surface area contributed by atoms with E-state index in [4.69, 9.17) is 0 Å². The molecule has 3 aromatic rings. The summed E-state index contributed by atoms with van der Waals surface area (Å²) in [6, 6.07) is 19.0. The van der Waals surface area contributed by atoms with Crippen molar-refractivity contribution in [3.63, 3.8) is 0 Å². The van der Waals surface area contributed by atoms with Crippen LogP contribution in [0, 0.1) is 27.7 Å². The lowest BCUT2D eigenvalue weighted by atomic mass is 10.1. The molecule has 24 heavy (non-hydrogen) atoms. The van der Waals surface area contributed by atoms with Crippen molar-refractivity contribution in [2.45, 2.75) is 27.7 Å². The van der Waals surface area contributed by atoms with Gasteiger partial charge < -0.3 is 4.57 Å². The molecule has 0 saturated carbocycles. The van der Waals surface area contributed by atoms with E-state index in [2.05, 4.69) is 97.4 Å². The quantitative estimate of drug-likeness (QED) is 0.523. The molecule has 1 N–H and O–H groups in total. The van der Waals surface area contributed by atoms with Gasteiger partial charge in [-0.1, -0.05) is 29.8 Å². The predicted octanol–water partition coefficient (Wildman–Crippen LogP) is 5.16. The molecule has 1 aromatic heterocycles. The number of rotatable bonds is 4. The van der Waals surface area contributed by atoms with Crippen LogP contribution in [0.4, 0.5) is 5.69 Å². The van der Waals surface area contributed by atoms with Gasteiger partial charge >= 0.3 is 0 Å². The molecule has 0 spiro atoms. The first-order valence-electron chi connectivity index (χ1n) is 8.16. The van der Waals surface area contributed by atoms with Crippen LogP contribution in [0.5, 0.6) is 0 Å². The van der Waals surface area contributed by atoms with Crippen molar-refractivity contribution in [2.24, 2.45) is 5.10 Å². The number of nitrogens with zero attached hydrogens (tertiary/aromatic N) is 2. The molecule has 0 saturated heterocycles. The van der Waals surface area contributed by atoms with E-state index in [1.165, 1.54) is 28.2 Å². The van der Waals surface area contributed by atoms with Crippen molar-refractivity contribution in [3.05, 3.63) is 82.7 Å². The number of aryl methyl sites for hydroxylation is 4. The molecule has 1 heterocycles. The van der Waals surface area contributed by atoms with Crippen LogP contribution in [0.25, 0.3) is 5.69 Å². The number of nitrogens with one attached hydrogen (secondary N) is 1. The van der Waals surface area contributed by atoms with Crippen molar-refractivity contribution in [1.29, 1.82) is 0 Å². The Labute approximate surface area is 143 Å². The topological polar surface area (TPSA) is 29.3 Å². The zero-order valence-electron chi connectivity index (χ0n) is 14.7. The minimum absolute atomic E-state index is 1.03. The Morgan fingerprint density at radius 3 is 2.12 bits per heavy atom. The molecule has 3 heteroatoms. The molecule has 0 aliphatic carbocycles. The Kier molecular flexibility index (Phi) is 4.52. The molecule has 0 aliphatic heterocycles. The molecule has 0 aliphatic rings. The third-order valence-corrected chi connectivity index (χ3v) is 4.20. The van der Waals surface area contributed by atoms with Gasteiger partial charge in [0.1, 0.15) is 0 Å². The number of anilines is 1. The first kappa shape index (κ1) is 16.1. The Bertz CT molecular complexity index is 851. The van der Waals surface area contributed by atoms with Crippen LogP contribution in [0.15, 0.2) is 59.7 Å². The fourth-order valence-corrected chi connectivity index (χ4v) is 2.90. The van der Waals surface area contributed by atoms with Gasteiger partial charge in [-0.2, -0.15) is 5.10 Å². The molecule has 0 bridgehead atoms. The van der Waals surface area contributed by atoms with Gasteiger partial charge in [0, 0.05) is 17.1 Å². The van der Waals surface area contributed by atoms with E-state index in [-0.39, 0.29) is 0 Å². The van der Waals surface area contributed by atoms with Crippen molar-refractivity contribution >= 4 is 11.9 Å². The Hall–Kier alpha value is -2.81. The van der Waals surface area contributed by atoms with Gasteiger partial charge in [0.05, 0.1) is 11.9 Å². The molecule has 2 aromatic carbocycles. The normalized spacial score (nSPS) is 11.2. The van der Waals surface area contributed by atoms with E-state index < -0.39 is 0 Å². The third kappa shape index (κ3) is 3.40. The van der Waals surface area contributed by atoms with E-state index >= 15 is 0 Å². The van der Waals surface area contributed by atoms with Crippen molar-refractivity contribution in [3.8, 4) is 5.69 Å². The van der Waals surface area contributed by atoms with Crippen LogP contribution in [-0.4, -0.2) is 10.8 Å². The lowest BCUT2D eigenvalue weighted by Gasteiger charge is -2.09. The molecule has 3 rings (SSSR count). The SMILES string of the molecule is Cc1ccc(N/N=C/c2ccc(-n3c(C)ccc3C)cc2)c(C)c1. The van der Waals surface area contributed by atoms with Crippen LogP contribution < -0.4 is 5.43 Å². The molecule has 0 unspecified atom stereocenters. The summed E-state index contributed by atoms with van der Waals surface area (Å²) in [5.74, 6) is 0. The van der Waals surface area contributed by atoms with E-state index in [1.807, 2.05) is 6.21 Å². The van der Waals surface area contributed by atoms with Crippen LogP contribution >= 0.6 is 0 Å². The molecule has 122 valence electrons. The van der Waals surface area contributed by atoms with Gasteiger partial charge in [-0.05, 0) is 69.2 Å². The Morgan fingerprint density at radius 1 is 0.833 bits per heavy atom. The summed E-state index contributed by atoms with van der Waals surface area (Å²) < 4.78 is 2.24. The standard InChI is InChI=1S/C21H23N3/c1-15-5-12-21(16(2)13-15)23-22-14-19-8-10-20(11-9-19)24-17(3)6-7-18(24)4/h5-14,23H,1-4H3/b22-14+. The predicted molar refractivity (Wildman–Crippen MR) is 102 cm³/mol. The minimum Gasteiger partial charge on any atom is -0.319 e. The molecule has 0 radical (unpaired) electrons. The van der Waals surface area contributed by atoms with Crippen LogP contribution in [0.2, 0.25) is 0 Å². The lowest BCUT2D eigenvalue weighted by molar-refractivity contribution is 0.966. The van der Waals surface area contributed by atoms with Crippen LogP contribution in [0.1, 0.15) is 28.1 Å². The molecular formula is C21H23N3. The highest BCUT2D eigenvalue weighted by molar-refractivity contribution is 5.80. The van der Waals surface area contributed by atoms with E-state index in [1.54, 1.807) is 0 Å². The maximum atomic E-state index is 4.35. The Morgan fingerprint density at radius 2 is 1.50 bits per heavy atom. The number of hydrogen-bond donors (Lipinski definition) is 1. The van der Waals surface area contributed by atoms with Crippen molar-refractivity contribution in [2.75, 3.05) is 5.43 Å². The van der Waals surface area contributed by atoms with E-state index in [0.29, 0.717) is 0 Å². The highest BCUT2D eigenvalue weighted by atomic mass is 15.3. The average molecular weight is 317 g/mol. The first-order valence-corrected chi connectivity index (χ1v) is 8.16. The van der Waals surface area contributed by atoms with Crippen LogP contribution in [0.3, 0.4) is 0 Å². The van der Waals surface area contributed by atoms with Gasteiger partial charge in [0.2, 0.25) is 0 Å². The van der Waals surface area contributed by atoms with Crippen LogP contribution in [-0.2, 0) is 0 Å². The van der Waals surface area contributed by atoms with Gasteiger partial charge in [-0.3, -0.25) is 5.43 Å². The second-order valence-electron chi connectivity index (χ2n) is 6.23. The van der Waals surface area contributed by atoms with Gasteiger partial charge in [-0.25, -0.2) is 0 Å². The van der Waals surface area contributed by atoms with E-state index in [0.717, 1.165) is 11.3 Å². The fraction of sp³-hybridized carbons (Fsp3) is 0.190. The van der Waals surface area contributed by atoms with Crippen molar-refractivity contribution in [1.82, 2.24) is 4.57 Å². The summed E-state index contributed by atoms with van der Waals surface area (Å²) in [6.45, 7) is 8.42. The monoisotopic (exact) mass is 317 g/mol. The number of aromatic nitrogens is 1. The second-order valence-corrected chi connectivity index (χ2v) is 6.23. The third-order valence-electron chi connectivity index (χ3n) is 4.20. The maximum Gasteiger partial charge on any atom is 0.0591 e. The zero-order valence-corrected chi connectivity index (χ0v) is 14.7. The number of benzene rings is 2. The summed E-state index contributed by atoms with van der Waals surface area (Å²) in [5.41, 5.74) is 11.3. The summed E-state index contributed by atoms with van der Waals surface area (Å²) in [6.07, 6.45) is 1.85. The first-order chi connectivity index (χ1) is 11.5. The fourth-order valence-electron chi connectivity index (χ4n) is 2.90. The highest BCUT2D eigenvalue weighted by Gasteiger charge is 2.03. The van der Waals surface area contributed by atoms with Gasteiger partial charge in [0.15, 0.2) is 0 Å². The highest BCUT2D eigenvalue weighted by Crippen LogP contribution is 2.17. The van der Waals surface area contributed by atoms with Gasteiger partial charge in [-0.15, -0.1) is 0 Å². The average Bonchev–Trinajstić information content (AvgIpc) is 2.89. The molecule has 0 fully saturated rings. The molecule has 0 atom stereocenters. The molecule has 0 amide bonds. The van der Waals surface area contributed by atoms with E-state index in [9.17, 15) is 0 Å². The largest absolute Gasteiger partial charge is 0.319 e. The summed E-state index contributed by atoms with van der Waals surface area (Å²) in [7, 11) is 0. The molecule has 3 nitrogen and oxygen atoms in total. The summed E-state index contributed by atoms with van der Waals surface area (Å²) in [4.78, 5) is 0. The second kappa shape index (κ2) is 6.75. The summed E-state index contributed by atoms with van der Waals surface area (Å²) >= 11 is 0. The Balaban J connectivity index is 1.72. The summed E-state index contributed by atoms with van der Waals surface area (Å²) in [5, 5.41) is 4.35. The zero-order chi connectivity index (χ0) is 17.1.